The van der Waals surface area contributed by atoms with Gasteiger partial charge in [0.2, 0.25) is 0 Å². The molecule has 0 radical (unpaired) electrons. The first-order valence-electron chi connectivity index (χ1n) is 3.32. The molecule has 0 aliphatic heterocycles. The molecule has 0 atom stereocenters. The van der Waals surface area contributed by atoms with Gasteiger partial charge in [0.1, 0.15) is 0 Å². The van der Waals surface area contributed by atoms with Crippen LogP contribution in [0.1, 0.15) is 6.92 Å². The predicted molar refractivity (Wildman–Crippen MR) is 63.3 cm³/mol. The minimum atomic E-state index is 1.13. The first kappa shape index (κ1) is 9.86. The van der Waals surface area contributed by atoms with Gasteiger partial charge in [-0.05, 0) is 56.4 Å². The number of rotatable bonds is 2. The van der Waals surface area contributed by atoms with Gasteiger partial charge in [-0.1, -0.05) is 13.0 Å². The summed E-state index contributed by atoms with van der Waals surface area (Å²) in [6.07, 6.45) is 0. The van der Waals surface area contributed by atoms with Crippen LogP contribution >= 0.6 is 50.3 Å². The molecule has 1 aromatic rings. The van der Waals surface area contributed by atoms with Crippen LogP contribution in [0.5, 0.6) is 0 Å². The SMILES string of the molecule is CCSc1cccc(Br)c1I. The Hall–Kier alpha value is 0.780. The van der Waals surface area contributed by atoms with Crippen molar-refractivity contribution in [3.8, 4) is 0 Å². The number of hydrogen-bond donors (Lipinski definition) is 0. The molecule has 60 valence electrons. The molecular formula is C8H8BrIS. The Labute approximate surface area is 93.4 Å². The molecule has 0 N–H and O–H groups in total. The van der Waals surface area contributed by atoms with E-state index in [-0.39, 0.29) is 0 Å². The Kier molecular flexibility index (Phi) is 4.23. The van der Waals surface area contributed by atoms with Crippen molar-refractivity contribution in [3.63, 3.8) is 0 Å². The summed E-state index contributed by atoms with van der Waals surface area (Å²) in [4.78, 5) is 1.36. The van der Waals surface area contributed by atoms with Crippen molar-refractivity contribution >= 4 is 50.3 Å². The zero-order valence-electron chi connectivity index (χ0n) is 6.10. The molecular weight excluding hydrogens is 335 g/mol. The fourth-order valence-electron chi connectivity index (χ4n) is 0.751. The number of thioether (sulfide) groups is 1. The van der Waals surface area contributed by atoms with Crippen LogP contribution in [0.25, 0.3) is 0 Å². The zero-order chi connectivity index (χ0) is 8.27. The van der Waals surface area contributed by atoms with E-state index in [1.165, 1.54) is 12.9 Å². The summed E-state index contributed by atoms with van der Waals surface area (Å²) in [7, 11) is 0. The topological polar surface area (TPSA) is 0 Å². The van der Waals surface area contributed by atoms with E-state index in [0.29, 0.717) is 0 Å². The standard InChI is InChI=1S/C8H8BrIS/c1-2-11-7-5-3-4-6(9)8(7)10/h3-5H,2H2,1H3. The summed E-state index contributed by atoms with van der Waals surface area (Å²) in [6.45, 7) is 2.17. The smallest absolute Gasteiger partial charge is 0.0408 e. The van der Waals surface area contributed by atoms with Gasteiger partial charge in [0.25, 0.3) is 0 Å². The van der Waals surface area contributed by atoms with Gasteiger partial charge in [0, 0.05) is 12.9 Å². The van der Waals surface area contributed by atoms with Crippen LogP contribution in [0, 0.1) is 3.57 Å². The van der Waals surface area contributed by atoms with Crippen LogP contribution in [0.2, 0.25) is 0 Å². The van der Waals surface area contributed by atoms with Crippen LogP contribution < -0.4 is 0 Å². The molecule has 0 amide bonds. The zero-order valence-corrected chi connectivity index (χ0v) is 10.7. The molecule has 0 fully saturated rings. The van der Waals surface area contributed by atoms with Crippen molar-refractivity contribution < 1.29 is 0 Å². The number of hydrogen-bond acceptors (Lipinski definition) is 1. The monoisotopic (exact) mass is 342 g/mol. The third kappa shape index (κ3) is 2.63. The van der Waals surface area contributed by atoms with Crippen LogP contribution in [0.4, 0.5) is 0 Å². The molecule has 0 aliphatic rings. The molecule has 0 saturated heterocycles. The molecule has 0 aromatic heterocycles. The van der Waals surface area contributed by atoms with Gasteiger partial charge >= 0.3 is 0 Å². The summed E-state index contributed by atoms with van der Waals surface area (Å²) in [6, 6.07) is 6.30. The van der Waals surface area contributed by atoms with Crippen molar-refractivity contribution in [2.24, 2.45) is 0 Å². The van der Waals surface area contributed by atoms with Gasteiger partial charge in [0.15, 0.2) is 0 Å². The van der Waals surface area contributed by atoms with Gasteiger partial charge in [-0.2, -0.15) is 0 Å². The Morgan fingerprint density at radius 2 is 2.27 bits per heavy atom. The summed E-state index contributed by atoms with van der Waals surface area (Å²) in [5.74, 6) is 1.13. The summed E-state index contributed by atoms with van der Waals surface area (Å²) in [5, 5.41) is 0. The molecule has 0 heterocycles. The molecule has 0 bridgehead atoms. The van der Waals surface area contributed by atoms with E-state index in [2.05, 4.69) is 63.6 Å². The van der Waals surface area contributed by atoms with E-state index in [9.17, 15) is 0 Å². The van der Waals surface area contributed by atoms with Crippen molar-refractivity contribution in [1.82, 2.24) is 0 Å². The largest absolute Gasteiger partial charge is 0.125 e. The third-order valence-electron chi connectivity index (χ3n) is 1.22. The Morgan fingerprint density at radius 3 is 2.91 bits per heavy atom. The van der Waals surface area contributed by atoms with Crippen LogP contribution in [-0.2, 0) is 0 Å². The van der Waals surface area contributed by atoms with Crippen molar-refractivity contribution in [1.29, 1.82) is 0 Å². The maximum absolute atomic E-state index is 3.50. The minimum absolute atomic E-state index is 1.13. The molecule has 0 saturated carbocycles. The highest BCUT2D eigenvalue weighted by Gasteiger charge is 2.01. The van der Waals surface area contributed by atoms with Gasteiger partial charge in [0.05, 0.1) is 0 Å². The van der Waals surface area contributed by atoms with Gasteiger partial charge in [-0.3, -0.25) is 0 Å². The Balaban J connectivity index is 2.96. The quantitative estimate of drug-likeness (QED) is 0.574. The van der Waals surface area contributed by atoms with Crippen molar-refractivity contribution in [2.45, 2.75) is 11.8 Å². The van der Waals surface area contributed by atoms with Crippen molar-refractivity contribution in [2.75, 3.05) is 5.75 Å². The fraction of sp³-hybridized carbons (Fsp3) is 0.250. The summed E-state index contributed by atoms with van der Waals surface area (Å²) >= 11 is 7.73. The second-order valence-corrected chi connectivity index (χ2v) is 5.22. The average Bonchev–Trinajstić information content (AvgIpc) is 1.99. The highest BCUT2D eigenvalue weighted by molar-refractivity contribution is 14.1. The van der Waals surface area contributed by atoms with Crippen LogP contribution in [-0.4, -0.2) is 5.75 Å². The lowest BCUT2D eigenvalue weighted by Crippen LogP contribution is -1.80. The molecule has 11 heavy (non-hydrogen) atoms. The minimum Gasteiger partial charge on any atom is -0.125 e. The Morgan fingerprint density at radius 1 is 1.55 bits per heavy atom. The van der Waals surface area contributed by atoms with E-state index in [1.807, 2.05) is 11.8 Å². The third-order valence-corrected chi connectivity index (χ3v) is 5.09. The fourth-order valence-corrected chi connectivity index (χ4v) is 2.80. The first-order chi connectivity index (χ1) is 5.25. The highest BCUT2D eigenvalue weighted by Crippen LogP contribution is 2.29. The van der Waals surface area contributed by atoms with Gasteiger partial charge < -0.3 is 0 Å². The maximum atomic E-state index is 3.50. The molecule has 0 nitrogen and oxygen atoms in total. The first-order valence-corrected chi connectivity index (χ1v) is 6.18. The Bertz CT molecular complexity index is 250. The maximum Gasteiger partial charge on any atom is 0.0408 e. The van der Waals surface area contributed by atoms with E-state index < -0.39 is 0 Å². The van der Waals surface area contributed by atoms with Crippen molar-refractivity contribution in [3.05, 3.63) is 26.2 Å². The molecule has 0 aliphatic carbocycles. The lowest BCUT2D eigenvalue weighted by atomic mass is 10.4. The van der Waals surface area contributed by atoms with E-state index in [4.69, 9.17) is 0 Å². The molecule has 3 heteroatoms. The lowest BCUT2D eigenvalue weighted by molar-refractivity contribution is 1.36. The van der Waals surface area contributed by atoms with Crippen LogP contribution in [0.15, 0.2) is 27.6 Å². The highest BCUT2D eigenvalue weighted by atomic mass is 127. The molecule has 1 aromatic carbocycles. The van der Waals surface area contributed by atoms with Gasteiger partial charge in [-0.25, -0.2) is 0 Å². The number of halogens is 2. The van der Waals surface area contributed by atoms with E-state index >= 15 is 0 Å². The average molecular weight is 343 g/mol. The molecule has 1 rings (SSSR count). The molecule has 0 unspecified atom stereocenters. The number of benzene rings is 1. The van der Waals surface area contributed by atoms with E-state index in [1.54, 1.807) is 0 Å². The second kappa shape index (κ2) is 4.72. The molecule has 0 spiro atoms. The predicted octanol–water partition coefficient (Wildman–Crippen LogP) is 4.17. The summed E-state index contributed by atoms with van der Waals surface area (Å²) < 4.78 is 2.51. The lowest BCUT2D eigenvalue weighted by Gasteiger charge is -2.02. The normalized spacial score (nSPS) is 10.1. The summed E-state index contributed by atoms with van der Waals surface area (Å²) in [5.41, 5.74) is 0. The van der Waals surface area contributed by atoms with E-state index in [0.717, 1.165) is 5.75 Å². The second-order valence-electron chi connectivity index (χ2n) is 1.98. The van der Waals surface area contributed by atoms with Gasteiger partial charge in [-0.15, -0.1) is 11.8 Å². The van der Waals surface area contributed by atoms with Crippen LogP contribution in [0.3, 0.4) is 0 Å².